The molecule has 3 N–H and O–H groups in total. The number of nitrogens with one attached hydrogen (secondary N) is 1. The predicted molar refractivity (Wildman–Crippen MR) is 91.2 cm³/mol. The maximum Gasteiger partial charge on any atom is 0.290 e. The number of halogens is 2. The average molecular weight is 373 g/mol. The van der Waals surface area contributed by atoms with E-state index in [4.69, 9.17) is 28.3 Å². The predicted octanol–water partition coefficient (Wildman–Crippen LogP) is 1.86. The molecule has 6 nitrogen and oxygen atoms in total. The zero-order valence-corrected chi connectivity index (χ0v) is 14.6. The summed E-state index contributed by atoms with van der Waals surface area (Å²) >= 11 is 12.1. The molecule has 2 rings (SSSR count). The van der Waals surface area contributed by atoms with Crippen molar-refractivity contribution in [3.63, 3.8) is 0 Å². The molecule has 0 unspecified atom stereocenters. The molecule has 8 heteroatoms. The highest BCUT2D eigenvalue weighted by atomic mass is 35.5. The molecule has 24 heavy (non-hydrogen) atoms. The summed E-state index contributed by atoms with van der Waals surface area (Å²) in [4.78, 5) is 25.7. The fourth-order valence-electron chi connectivity index (χ4n) is 2.69. The maximum absolute atomic E-state index is 12.4. The Bertz CT molecular complexity index is 691. The van der Waals surface area contributed by atoms with Crippen molar-refractivity contribution in [2.45, 2.75) is 13.0 Å². The second kappa shape index (κ2) is 7.98. The van der Waals surface area contributed by atoms with Crippen LogP contribution >= 0.6 is 23.2 Å². The Kier molecular flexibility index (Phi) is 6.23. The van der Waals surface area contributed by atoms with Crippen molar-refractivity contribution < 1.29 is 19.8 Å². The molecule has 1 aromatic carbocycles. The topological polar surface area (TPSA) is 89.9 Å². The minimum Gasteiger partial charge on any atom is -0.503 e. The SMILES string of the molecule is CC(=O)C1=C(O)C(=O)N(CCNCCO)[C@H]1c1ccc(Cl)cc1Cl. The van der Waals surface area contributed by atoms with Gasteiger partial charge in [-0.1, -0.05) is 29.3 Å². The van der Waals surface area contributed by atoms with E-state index in [1.54, 1.807) is 12.1 Å². The van der Waals surface area contributed by atoms with Gasteiger partial charge in [0.1, 0.15) is 0 Å². The summed E-state index contributed by atoms with van der Waals surface area (Å²) in [6, 6.07) is 4.01. The summed E-state index contributed by atoms with van der Waals surface area (Å²) in [7, 11) is 0. The van der Waals surface area contributed by atoms with Gasteiger partial charge in [-0.15, -0.1) is 0 Å². The number of nitrogens with zero attached hydrogens (tertiary/aromatic N) is 1. The van der Waals surface area contributed by atoms with Gasteiger partial charge >= 0.3 is 0 Å². The van der Waals surface area contributed by atoms with Crippen LogP contribution in [0.3, 0.4) is 0 Å². The third-order valence-electron chi connectivity index (χ3n) is 3.76. The number of Topliss-reactive ketones (excluding diaryl/α,β-unsaturated/α-hetero) is 1. The molecule has 0 bridgehead atoms. The number of hydrogen-bond acceptors (Lipinski definition) is 5. The minimum atomic E-state index is -0.768. The van der Waals surface area contributed by atoms with Crippen molar-refractivity contribution in [3.05, 3.63) is 45.1 Å². The Balaban J connectivity index is 2.39. The highest BCUT2D eigenvalue weighted by Gasteiger charge is 2.42. The number of ketones is 1. The maximum atomic E-state index is 12.4. The van der Waals surface area contributed by atoms with Gasteiger partial charge in [0.15, 0.2) is 11.5 Å². The Morgan fingerprint density at radius 1 is 1.33 bits per heavy atom. The van der Waals surface area contributed by atoms with Gasteiger partial charge in [-0.25, -0.2) is 0 Å². The van der Waals surface area contributed by atoms with Gasteiger partial charge in [0.2, 0.25) is 0 Å². The van der Waals surface area contributed by atoms with Crippen molar-refractivity contribution in [1.29, 1.82) is 0 Å². The molecule has 0 aliphatic carbocycles. The number of carbonyl (C=O) groups excluding carboxylic acids is 2. The summed E-state index contributed by atoms with van der Waals surface area (Å²) in [5, 5.41) is 22.6. The Morgan fingerprint density at radius 3 is 2.62 bits per heavy atom. The largest absolute Gasteiger partial charge is 0.503 e. The Morgan fingerprint density at radius 2 is 2.04 bits per heavy atom. The molecule has 1 aliphatic heterocycles. The van der Waals surface area contributed by atoms with Gasteiger partial charge in [0.25, 0.3) is 5.91 Å². The first-order valence-electron chi connectivity index (χ1n) is 7.40. The molecule has 0 aromatic heterocycles. The molecular formula is C16H18Cl2N2O4. The van der Waals surface area contributed by atoms with E-state index in [9.17, 15) is 14.7 Å². The summed E-state index contributed by atoms with van der Waals surface area (Å²) < 4.78 is 0. The van der Waals surface area contributed by atoms with Crippen LogP contribution in [0.1, 0.15) is 18.5 Å². The normalized spacial score (nSPS) is 17.8. The molecule has 0 fully saturated rings. The van der Waals surface area contributed by atoms with Crippen molar-refractivity contribution >= 4 is 34.9 Å². The first-order chi connectivity index (χ1) is 11.4. The van der Waals surface area contributed by atoms with Gasteiger partial charge in [-0.3, -0.25) is 9.59 Å². The minimum absolute atomic E-state index is 0.0198. The molecule has 0 radical (unpaired) electrons. The lowest BCUT2D eigenvalue weighted by molar-refractivity contribution is -0.129. The smallest absolute Gasteiger partial charge is 0.290 e. The highest BCUT2D eigenvalue weighted by Crippen LogP contribution is 2.40. The molecule has 1 aliphatic rings. The highest BCUT2D eigenvalue weighted by molar-refractivity contribution is 6.35. The number of hydrogen-bond donors (Lipinski definition) is 3. The number of rotatable bonds is 7. The standard InChI is InChI=1S/C16H18Cl2N2O4/c1-9(22)13-14(11-3-2-10(17)8-12(11)18)20(16(24)15(13)23)6-4-19-5-7-21/h2-3,8,14,19,21,23H,4-7H2,1H3/t14-/m0/s1. The number of benzene rings is 1. The van der Waals surface area contributed by atoms with Gasteiger partial charge in [-0.2, -0.15) is 0 Å². The van der Waals surface area contributed by atoms with Crippen molar-refractivity contribution in [1.82, 2.24) is 10.2 Å². The molecule has 1 atom stereocenters. The van der Waals surface area contributed by atoms with Crippen LogP contribution in [-0.4, -0.2) is 53.0 Å². The van der Waals surface area contributed by atoms with E-state index in [1.807, 2.05) is 0 Å². The monoisotopic (exact) mass is 372 g/mol. The lowest BCUT2D eigenvalue weighted by Crippen LogP contribution is -2.37. The second-order valence-corrected chi connectivity index (χ2v) is 6.20. The lowest BCUT2D eigenvalue weighted by Gasteiger charge is -2.27. The summed E-state index contributed by atoms with van der Waals surface area (Å²) in [5.74, 6) is -1.58. The summed E-state index contributed by atoms with van der Waals surface area (Å²) in [6.07, 6.45) is 0. The first-order valence-corrected chi connectivity index (χ1v) is 8.15. The first kappa shape index (κ1) is 18.7. The van der Waals surface area contributed by atoms with Crippen LogP contribution in [0.15, 0.2) is 29.5 Å². The van der Waals surface area contributed by atoms with E-state index in [-0.39, 0.29) is 18.7 Å². The number of carbonyl (C=O) groups is 2. The molecule has 130 valence electrons. The van der Waals surface area contributed by atoms with Crippen LogP contribution in [0.25, 0.3) is 0 Å². The van der Waals surface area contributed by atoms with Crippen LogP contribution in [-0.2, 0) is 9.59 Å². The Hall–Kier alpha value is -1.60. The van der Waals surface area contributed by atoms with Crippen LogP contribution in [0.2, 0.25) is 10.0 Å². The van der Waals surface area contributed by atoms with E-state index in [2.05, 4.69) is 5.32 Å². The van der Waals surface area contributed by atoms with Crippen molar-refractivity contribution in [2.75, 3.05) is 26.2 Å². The van der Waals surface area contributed by atoms with Gasteiger partial charge < -0.3 is 20.4 Å². The molecule has 1 heterocycles. The van der Waals surface area contributed by atoms with E-state index in [0.29, 0.717) is 28.7 Å². The van der Waals surface area contributed by atoms with E-state index in [0.717, 1.165) is 0 Å². The molecule has 0 spiro atoms. The van der Waals surface area contributed by atoms with Gasteiger partial charge in [0, 0.05) is 29.7 Å². The lowest BCUT2D eigenvalue weighted by atomic mass is 9.96. The number of aliphatic hydroxyl groups is 2. The third-order valence-corrected chi connectivity index (χ3v) is 4.32. The van der Waals surface area contributed by atoms with E-state index >= 15 is 0 Å². The van der Waals surface area contributed by atoms with E-state index in [1.165, 1.54) is 17.9 Å². The van der Waals surface area contributed by atoms with Gasteiger partial charge in [0.05, 0.1) is 18.2 Å². The average Bonchev–Trinajstić information content (AvgIpc) is 2.76. The number of aliphatic hydroxyl groups excluding tert-OH is 2. The van der Waals surface area contributed by atoms with Crippen LogP contribution in [0.5, 0.6) is 0 Å². The Labute approximate surface area is 149 Å². The number of amides is 1. The molecule has 0 saturated heterocycles. The summed E-state index contributed by atoms with van der Waals surface area (Å²) in [6.45, 7) is 2.29. The molecule has 0 saturated carbocycles. The van der Waals surface area contributed by atoms with Crippen LogP contribution < -0.4 is 5.32 Å². The fraction of sp³-hybridized carbons (Fsp3) is 0.375. The zero-order chi connectivity index (χ0) is 17.9. The second-order valence-electron chi connectivity index (χ2n) is 5.36. The molecular weight excluding hydrogens is 355 g/mol. The van der Waals surface area contributed by atoms with Crippen molar-refractivity contribution in [2.24, 2.45) is 0 Å². The fourth-order valence-corrected chi connectivity index (χ4v) is 3.21. The summed E-state index contributed by atoms with van der Waals surface area (Å²) in [5.41, 5.74) is 0.539. The molecule has 1 amide bonds. The van der Waals surface area contributed by atoms with Crippen LogP contribution in [0.4, 0.5) is 0 Å². The molecule has 1 aromatic rings. The van der Waals surface area contributed by atoms with Crippen LogP contribution in [0, 0.1) is 0 Å². The zero-order valence-electron chi connectivity index (χ0n) is 13.1. The quantitative estimate of drug-likeness (QED) is 0.635. The van der Waals surface area contributed by atoms with Crippen molar-refractivity contribution in [3.8, 4) is 0 Å². The van der Waals surface area contributed by atoms with Gasteiger partial charge in [-0.05, 0) is 24.6 Å². The van der Waals surface area contributed by atoms with E-state index < -0.39 is 23.5 Å². The third kappa shape index (κ3) is 3.72.